The third-order valence-electron chi connectivity index (χ3n) is 2.96. The molecule has 2 fully saturated rings. The molecule has 0 aromatic rings. The van der Waals surface area contributed by atoms with Crippen LogP contribution < -0.4 is 0 Å². The van der Waals surface area contributed by atoms with Crippen molar-refractivity contribution in [3.05, 3.63) is 0 Å². The van der Waals surface area contributed by atoms with Crippen LogP contribution in [0, 0.1) is 0 Å². The molecule has 0 amide bonds. The molecule has 1 heterocycles. The van der Waals surface area contributed by atoms with Crippen LogP contribution in [0.1, 0.15) is 33.6 Å². The molecular weight excluding hydrogens is 178 g/mol. The topological polar surface area (TPSA) is 32.7 Å². The lowest BCUT2D eigenvalue weighted by Crippen LogP contribution is -2.48. The molecule has 1 unspecified atom stereocenters. The second-order valence-corrected chi connectivity index (χ2v) is 3.86. The first-order valence-electron chi connectivity index (χ1n) is 5.81. The summed E-state index contributed by atoms with van der Waals surface area (Å²) in [5.74, 6) is 0. The summed E-state index contributed by atoms with van der Waals surface area (Å²) in [5.41, 5.74) is -0.464. The molecule has 1 aliphatic heterocycles. The Morgan fingerprint density at radius 3 is 2.57 bits per heavy atom. The Labute approximate surface area is 87.1 Å². The molecule has 0 spiro atoms. The monoisotopic (exact) mass is 201 g/mol. The first-order chi connectivity index (χ1) is 6.74. The molecule has 0 bridgehead atoms. The van der Waals surface area contributed by atoms with E-state index in [1.807, 2.05) is 13.8 Å². The van der Waals surface area contributed by atoms with Crippen molar-refractivity contribution in [2.24, 2.45) is 0 Å². The third kappa shape index (κ3) is 2.69. The van der Waals surface area contributed by atoms with E-state index in [1.165, 1.54) is 0 Å². The van der Waals surface area contributed by atoms with Crippen molar-refractivity contribution in [1.29, 1.82) is 0 Å². The summed E-state index contributed by atoms with van der Waals surface area (Å²) in [6, 6.07) is 0. The van der Waals surface area contributed by atoms with Gasteiger partial charge in [0.1, 0.15) is 0 Å². The first kappa shape index (κ1) is 12.0. The maximum atomic E-state index is 9.82. The van der Waals surface area contributed by atoms with E-state index in [2.05, 4.69) is 11.8 Å². The van der Waals surface area contributed by atoms with Crippen molar-refractivity contribution in [3.8, 4) is 0 Å². The summed E-state index contributed by atoms with van der Waals surface area (Å²) in [6.07, 6.45) is 1.93. The largest absolute Gasteiger partial charge is 0.387 e. The van der Waals surface area contributed by atoms with Gasteiger partial charge in [0, 0.05) is 13.1 Å². The van der Waals surface area contributed by atoms with Gasteiger partial charge in [-0.05, 0) is 19.4 Å². The zero-order chi connectivity index (χ0) is 10.6. The number of likely N-dealkylation sites (N-methyl/N-ethyl adjacent to an activating group) is 1. The van der Waals surface area contributed by atoms with Crippen molar-refractivity contribution < 1.29 is 9.84 Å². The summed E-state index contributed by atoms with van der Waals surface area (Å²) in [4.78, 5) is 2.34. The molecule has 84 valence electrons. The highest BCUT2D eigenvalue weighted by molar-refractivity contribution is 5.02. The van der Waals surface area contributed by atoms with Crippen molar-refractivity contribution in [2.75, 3.05) is 26.2 Å². The Hall–Kier alpha value is -0.120. The second-order valence-electron chi connectivity index (χ2n) is 3.86. The number of nitrogens with zero attached hydrogens (tertiary/aromatic N) is 1. The van der Waals surface area contributed by atoms with Crippen molar-refractivity contribution in [3.63, 3.8) is 0 Å². The van der Waals surface area contributed by atoms with Gasteiger partial charge in [-0.1, -0.05) is 20.8 Å². The smallest absolute Gasteiger partial charge is 0.0989 e. The maximum Gasteiger partial charge on any atom is 0.0989 e. The number of rotatable bonds is 2. The zero-order valence-corrected chi connectivity index (χ0v) is 9.62. The summed E-state index contributed by atoms with van der Waals surface area (Å²) >= 11 is 0. The minimum atomic E-state index is -0.464. The predicted octanol–water partition coefficient (Wildman–Crippen LogP) is 1.26. The van der Waals surface area contributed by atoms with Gasteiger partial charge >= 0.3 is 0 Å². The highest BCUT2D eigenvalue weighted by Gasteiger charge is 2.49. The van der Waals surface area contributed by atoms with Crippen LogP contribution in [-0.2, 0) is 4.74 Å². The molecule has 2 rings (SSSR count). The fourth-order valence-corrected chi connectivity index (χ4v) is 1.76. The normalized spacial score (nSPS) is 30.4. The van der Waals surface area contributed by atoms with Crippen LogP contribution in [0.2, 0.25) is 0 Å². The van der Waals surface area contributed by atoms with Gasteiger partial charge < -0.3 is 9.84 Å². The molecule has 14 heavy (non-hydrogen) atoms. The number of morpholine rings is 1. The maximum absolute atomic E-state index is 9.82. The molecule has 0 radical (unpaired) electrons. The van der Waals surface area contributed by atoms with E-state index in [-0.39, 0.29) is 6.10 Å². The lowest BCUT2D eigenvalue weighted by Gasteiger charge is -2.34. The Morgan fingerprint density at radius 2 is 2.07 bits per heavy atom. The summed E-state index contributed by atoms with van der Waals surface area (Å²) in [5, 5.41) is 9.82. The van der Waals surface area contributed by atoms with E-state index in [4.69, 9.17) is 4.74 Å². The summed E-state index contributed by atoms with van der Waals surface area (Å²) < 4.78 is 5.55. The van der Waals surface area contributed by atoms with Crippen molar-refractivity contribution >= 4 is 0 Å². The molecule has 1 atom stereocenters. The first-order valence-corrected chi connectivity index (χ1v) is 5.81. The van der Waals surface area contributed by atoms with Gasteiger partial charge in [0.2, 0.25) is 0 Å². The highest BCUT2D eigenvalue weighted by Crippen LogP contribution is 2.40. The number of hydrogen-bond donors (Lipinski definition) is 1. The molecule has 3 heteroatoms. The van der Waals surface area contributed by atoms with Gasteiger partial charge in [0.25, 0.3) is 0 Å². The van der Waals surface area contributed by atoms with Crippen molar-refractivity contribution in [2.45, 2.75) is 45.3 Å². The van der Waals surface area contributed by atoms with Crippen LogP contribution in [0.3, 0.4) is 0 Å². The average Bonchev–Trinajstić information content (AvgIpc) is 3.01. The third-order valence-corrected chi connectivity index (χ3v) is 2.96. The summed E-state index contributed by atoms with van der Waals surface area (Å²) in [7, 11) is 0. The van der Waals surface area contributed by atoms with E-state index in [0.29, 0.717) is 0 Å². The van der Waals surface area contributed by atoms with Gasteiger partial charge in [-0.25, -0.2) is 0 Å². The van der Waals surface area contributed by atoms with Gasteiger partial charge in [0.15, 0.2) is 0 Å². The minimum Gasteiger partial charge on any atom is -0.387 e. The van der Waals surface area contributed by atoms with Crippen LogP contribution in [0.25, 0.3) is 0 Å². The van der Waals surface area contributed by atoms with Crippen molar-refractivity contribution in [1.82, 2.24) is 4.90 Å². The molecule has 1 N–H and O–H groups in total. The molecular formula is C11H23NO2. The quantitative estimate of drug-likeness (QED) is 0.730. The highest BCUT2D eigenvalue weighted by atomic mass is 16.5. The molecule has 1 aliphatic carbocycles. The van der Waals surface area contributed by atoms with Gasteiger partial charge in [-0.3, -0.25) is 4.90 Å². The van der Waals surface area contributed by atoms with E-state index < -0.39 is 5.60 Å². The summed E-state index contributed by atoms with van der Waals surface area (Å²) in [6.45, 7) is 9.92. The van der Waals surface area contributed by atoms with Crippen LogP contribution in [-0.4, -0.2) is 48.0 Å². The lowest BCUT2D eigenvalue weighted by atomic mass is 10.1. The van der Waals surface area contributed by atoms with E-state index in [0.717, 1.165) is 39.1 Å². The van der Waals surface area contributed by atoms with E-state index in [1.54, 1.807) is 0 Å². The Bertz CT molecular complexity index is 169. The molecule has 1 saturated carbocycles. The van der Waals surface area contributed by atoms with Crippen LogP contribution >= 0.6 is 0 Å². The fourth-order valence-electron chi connectivity index (χ4n) is 1.76. The molecule has 2 aliphatic rings. The van der Waals surface area contributed by atoms with Crippen LogP contribution in [0.15, 0.2) is 0 Å². The zero-order valence-electron chi connectivity index (χ0n) is 9.62. The predicted molar refractivity (Wildman–Crippen MR) is 57.4 cm³/mol. The van der Waals surface area contributed by atoms with E-state index >= 15 is 0 Å². The number of hydrogen-bond acceptors (Lipinski definition) is 3. The Kier molecular flexibility index (Phi) is 4.35. The number of ether oxygens (including phenoxy) is 1. The minimum absolute atomic E-state index is 0.0752. The SMILES string of the molecule is CC.CCN1CCOC(C2(O)CC2)C1. The number of aliphatic hydroxyl groups is 1. The molecule has 0 aromatic heterocycles. The Morgan fingerprint density at radius 1 is 1.43 bits per heavy atom. The molecule has 0 aromatic carbocycles. The molecule has 3 nitrogen and oxygen atoms in total. The van der Waals surface area contributed by atoms with Gasteiger partial charge in [-0.15, -0.1) is 0 Å². The molecule has 1 saturated heterocycles. The average molecular weight is 201 g/mol. The lowest BCUT2D eigenvalue weighted by molar-refractivity contribution is -0.0989. The fraction of sp³-hybridized carbons (Fsp3) is 1.00. The van der Waals surface area contributed by atoms with Crippen LogP contribution in [0.4, 0.5) is 0 Å². The van der Waals surface area contributed by atoms with E-state index in [9.17, 15) is 5.11 Å². The standard InChI is InChI=1S/C9H17NO2.C2H6/c1-2-10-5-6-12-8(7-10)9(11)3-4-9;1-2/h8,11H,2-7H2,1H3;1-2H3. The van der Waals surface area contributed by atoms with Gasteiger partial charge in [-0.2, -0.15) is 0 Å². The van der Waals surface area contributed by atoms with Crippen LogP contribution in [0.5, 0.6) is 0 Å². The second kappa shape index (κ2) is 5.10. The van der Waals surface area contributed by atoms with Gasteiger partial charge in [0.05, 0.1) is 18.3 Å². The Balaban J connectivity index is 0.000000461.